The number of nitrogens with one attached hydrogen (secondary N) is 1. The molecule has 22 heavy (non-hydrogen) atoms. The molecule has 2 amide bonds. The largest absolute Gasteiger partial charge is 0.383 e. The van der Waals surface area contributed by atoms with Crippen molar-refractivity contribution in [3.63, 3.8) is 0 Å². The van der Waals surface area contributed by atoms with Crippen molar-refractivity contribution in [2.45, 2.75) is 26.3 Å². The van der Waals surface area contributed by atoms with Gasteiger partial charge in [0.2, 0.25) is 11.8 Å². The van der Waals surface area contributed by atoms with Crippen LogP contribution in [0, 0.1) is 12.8 Å². The van der Waals surface area contributed by atoms with E-state index < -0.39 is 0 Å². The molecule has 0 aliphatic carbocycles. The Balaban J connectivity index is 1.99. The molecule has 0 aromatic heterocycles. The minimum absolute atomic E-state index is 0.00905. The van der Waals surface area contributed by atoms with Gasteiger partial charge in [0.05, 0.1) is 18.6 Å². The molecule has 2 unspecified atom stereocenters. The average molecular weight is 369 g/mol. The van der Waals surface area contributed by atoms with Crippen LogP contribution in [0.1, 0.15) is 18.9 Å². The van der Waals surface area contributed by atoms with Gasteiger partial charge in [0, 0.05) is 30.2 Å². The van der Waals surface area contributed by atoms with Gasteiger partial charge in [-0.1, -0.05) is 15.9 Å². The molecule has 120 valence electrons. The average Bonchev–Trinajstić information content (AvgIpc) is 2.85. The Bertz CT molecular complexity index is 577. The monoisotopic (exact) mass is 368 g/mol. The topological polar surface area (TPSA) is 58.6 Å². The number of halogens is 1. The number of nitrogens with zero attached hydrogens (tertiary/aromatic N) is 1. The normalized spacial score (nSPS) is 19.4. The van der Waals surface area contributed by atoms with Gasteiger partial charge >= 0.3 is 0 Å². The minimum Gasteiger partial charge on any atom is -0.383 e. The highest BCUT2D eigenvalue weighted by molar-refractivity contribution is 9.10. The highest BCUT2D eigenvalue weighted by Crippen LogP contribution is 2.24. The van der Waals surface area contributed by atoms with Gasteiger partial charge in [0.1, 0.15) is 0 Å². The number of anilines is 1. The molecule has 1 aliphatic heterocycles. The summed E-state index contributed by atoms with van der Waals surface area (Å²) in [5, 5.41) is 2.89. The first-order valence-electron chi connectivity index (χ1n) is 7.27. The molecule has 1 aromatic carbocycles. The number of ether oxygens (including phenoxy) is 1. The summed E-state index contributed by atoms with van der Waals surface area (Å²) in [5.74, 6) is -0.408. The van der Waals surface area contributed by atoms with Crippen molar-refractivity contribution in [2.75, 3.05) is 25.6 Å². The number of hydrogen-bond acceptors (Lipinski definition) is 3. The molecule has 1 N–H and O–H groups in total. The zero-order valence-corrected chi connectivity index (χ0v) is 14.6. The van der Waals surface area contributed by atoms with Crippen molar-refractivity contribution in [1.82, 2.24) is 4.90 Å². The summed E-state index contributed by atoms with van der Waals surface area (Å²) >= 11 is 3.43. The van der Waals surface area contributed by atoms with Crippen LogP contribution in [0.2, 0.25) is 0 Å². The lowest BCUT2D eigenvalue weighted by atomic mass is 10.1. The summed E-state index contributed by atoms with van der Waals surface area (Å²) < 4.78 is 6.08. The van der Waals surface area contributed by atoms with Gasteiger partial charge in [-0.05, 0) is 37.6 Å². The van der Waals surface area contributed by atoms with Gasteiger partial charge in [-0.15, -0.1) is 0 Å². The third-order valence-electron chi connectivity index (χ3n) is 3.89. The van der Waals surface area contributed by atoms with Gasteiger partial charge in [-0.2, -0.15) is 0 Å². The Hall–Kier alpha value is -1.40. The van der Waals surface area contributed by atoms with Gasteiger partial charge in [0.15, 0.2) is 0 Å². The summed E-state index contributed by atoms with van der Waals surface area (Å²) in [7, 11) is 1.61. The zero-order valence-electron chi connectivity index (χ0n) is 13.1. The predicted molar refractivity (Wildman–Crippen MR) is 88.7 cm³/mol. The fraction of sp³-hybridized carbons (Fsp3) is 0.500. The van der Waals surface area contributed by atoms with Gasteiger partial charge in [0.25, 0.3) is 0 Å². The number of carbonyl (C=O) groups excluding carboxylic acids is 2. The molecule has 0 saturated carbocycles. The maximum Gasteiger partial charge on any atom is 0.229 e. The third kappa shape index (κ3) is 3.87. The third-order valence-corrected chi connectivity index (χ3v) is 4.78. The van der Waals surface area contributed by atoms with Crippen molar-refractivity contribution < 1.29 is 14.3 Å². The van der Waals surface area contributed by atoms with E-state index in [1.807, 2.05) is 32.0 Å². The zero-order chi connectivity index (χ0) is 16.3. The maximum atomic E-state index is 12.3. The van der Waals surface area contributed by atoms with Crippen molar-refractivity contribution in [2.24, 2.45) is 5.92 Å². The lowest BCUT2D eigenvalue weighted by molar-refractivity contribution is -0.130. The van der Waals surface area contributed by atoms with Crippen LogP contribution >= 0.6 is 15.9 Å². The van der Waals surface area contributed by atoms with E-state index in [4.69, 9.17) is 4.74 Å². The molecule has 6 heteroatoms. The summed E-state index contributed by atoms with van der Waals surface area (Å²) in [6, 6.07) is 5.64. The van der Waals surface area contributed by atoms with Gasteiger partial charge in [-0.25, -0.2) is 0 Å². The summed E-state index contributed by atoms with van der Waals surface area (Å²) in [6.07, 6.45) is 0.259. The number of likely N-dealkylation sites (tertiary alicyclic amines) is 1. The van der Waals surface area contributed by atoms with Crippen LogP contribution in [0.5, 0.6) is 0 Å². The Kier molecular flexibility index (Phi) is 5.58. The van der Waals surface area contributed by atoms with Crippen LogP contribution in [-0.4, -0.2) is 43.0 Å². The van der Waals surface area contributed by atoms with E-state index in [2.05, 4.69) is 21.2 Å². The molecule has 1 aromatic rings. The minimum atomic E-state index is -0.309. The van der Waals surface area contributed by atoms with E-state index in [0.29, 0.717) is 13.2 Å². The molecular formula is C16H21BrN2O3. The number of rotatable bonds is 5. The molecule has 0 radical (unpaired) electrons. The van der Waals surface area contributed by atoms with Crippen LogP contribution in [0.3, 0.4) is 0 Å². The molecule has 2 rings (SSSR count). The highest BCUT2D eigenvalue weighted by atomic mass is 79.9. The highest BCUT2D eigenvalue weighted by Gasteiger charge is 2.36. The SMILES string of the molecule is COCC(C)N1CC(C(=O)Nc2ccc(Br)c(C)c2)CC1=O. The molecule has 1 heterocycles. The molecule has 1 fully saturated rings. The van der Waals surface area contributed by atoms with Crippen LogP contribution in [-0.2, 0) is 14.3 Å². The Morgan fingerprint density at radius 1 is 1.55 bits per heavy atom. The van der Waals surface area contributed by atoms with Crippen LogP contribution in [0.4, 0.5) is 5.69 Å². The van der Waals surface area contributed by atoms with Gasteiger partial charge < -0.3 is 15.0 Å². The predicted octanol–water partition coefficient (Wildman–Crippen LogP) is 2.58. The fourth-order valence-corrected chi connectivity index (χ4v) is 2.88. The van der Waals surface area contributed by atoms with Crippen molar-refractivity contribution >= 4 is 33.4 Å². The number of amides is 2. The van der Waals surface area contributed by atoms with E-state index in [1.165, 1.54) is 0 Å². The molecule has 0 spiro atoms. The Morgan fingerprint density at radius 2 is 2.27 bits per heavy atom. The first-order valence-corrected chi connectivity index (χ1v) is 8.07. The summed E-state index contributed by atoms with van der Waals surface area (Å²) in [4.78, 5) is 26.1. The number of carbonyl (C=O) groups is 2. The van der Waals surface area contributed by atoms with Gasteiger partial charge in [-0.3, -0.25) is 9.59 Å². The second-order valence-electron chi connectivity index (χ2n) is 5.70. The Morgan fingerprint density at radius 3 is 2.91 bits per heavy atom. The van der Waals surface area contributed by atoms with Crippen molar-refractivity contribution in [3.8, 4) is 0 Å². The van der Waals surface area contributed by atoms with Crippen molar-refractivity contribution in [1.29, 1.82) is 0 Å². The molecular weight excluding hydrogens is 348 g/mol. The number of aryl methyl sites for hydroxylation is 1. The van der Waals surface area contributed by atoms with Crippen molar-refractivity contribution in [3.05, 3.63) is 28.2 Å². The maximum absolute atomic E-state index is 12.3. The van der Waals surface area contributed by atoms with E-state index in [1.54, 1.807) is 12.0 Å². The van der Waals surface area contributed by atoms with E-state index in [9.17, 15) is 9.59 Å². The lowest BCUT2D eigenvalue weighted by Crippen LogP contribution is -2.38. The second-order valence-corrected chi connectivity index (χ2v) is 6.56. The van der Waals surface area contributed by atoms with Crippen LogP contribution in [0.15, 0.2) is 22.7 Å². The van der Waals surface area contributed by atoms with Crippen LogP contribution in [0.25, 0.3) is 0 Å². The smallest absolute Gasteiger partial charge is 0.229 e. The molecule has 1 saturated heterocycles. The molecule has 1 aliphatic rings. The molecule has 0 bridgehead atoms. The fourth-order valence-electron chi connectivity index (χ4n) is 2.63. The van der Waals surface area contributed by atoms with E-state index in [0.717, 1.165) is 15.7 Å². The number of methoxy groups -OCH3 is 1. The lowest BCUT2D eigenvalue weighted by Gasteiger charge is -2.23. The Labute approximate surface area is 139 Å². The molecule has 5 nitrogen and oxygen atoms in total. The standard InChI is InChI=1S/C16H21BrN2O3/c1-10-6-13(4-5-14(10)17)18-16(21)12-7-15(20)19(8-12)11(2)9-22-3/h4-6,11-12H,7-9H2,1-3H3,(H,18,21). The first-order chi connectivity index (χ1) is 10.4. The van der Waals surface area contributed by atoms with Crippen LogP contribution < -0.4 is 5.32 Å². The molecule has 2 atom stereocenters. The first kappa shape index (κ1) is 17.0. The number of hydrogen-bond donors (Lipinski definition) is 1. The summed E-state index contributed by atoms with van der Waals surface area (Å²) in [6.45, 7) is 4.82. The van der Waals surface area contributed by atoms with E-state index in [-0.39, 0.29) is 30.2 Å². The second kappa shape index (κ2) is 7.24. The van der Waals surface area contributed by atoms with E-state index >= 15 is 0 Å². The number of benzene rings is 1. The quantitative estimate of drug-likeness (QED) is 0.868. The summed E-state index contributed by atoms with van der Waals surface area (Å²) in [5.41, 5.74) is 1.80.